The van der Waals surface area contributed by atoms with E-state index >= 15 is 0 Å². The number of allylic oxidation sites excluding steroid dienone is 1. The molecule has 3 unspecified atom stereocenters. The van der Waals surface area contributed by atoms with Gasteiger partial charge < -0.3 is 4.42 Å². The van der Waals surface area contributed by atoms with Crippen LogP contribution in [0.15, 0.2) is 95.5 Å². The number of aliphatic imine (C=N–C) groups is 1. The average molecular weight is 595 g/mol. The highest BCUT2D eigenvalue weighted by molar-refractivity contribution is 6.10. The van der Waals surface area contributed by atoms with Gasteiger partial charge in [-0.25, -0.2) is 4.98 Å². The van der Waals surface area contributed by atoms with Crippen LogP contribution in [0.3, 0.4) is 0 Å². The van der Waals surface area contributed by atoms with Crippen molar-refractivity contribution < 1.29 is 8.98 Å². The van der Waals surface area contributed by atoms with Crippen molar-refractivity contribution in [1.29, 1.82) is 0 Å². The second-order valence-corrected chi connectivity index (χ2v) is 14.4. The number of hydrogen-bond acceptors (Lipinski definition) is 3. The predicted molar refractivity (Wildman–Crippen MR) is 187 cm³/mol. The summed E-state index contributed by atoms with van der Waals surface area (Å²) >= 11 is 0. The van der Waals surface area contributed by atoms with Crippen LogP contribution in [0.4, 0.5) is 0 Å². The summed E-state index contributed by atoms with van der Waals surface area (Å²) in [5, 5.41) is 2.16. The normalized spacial score (nSPS) is 19.0. The number of pyridine rings is 2. The Kier molecular flexibility index (Phi) is 7.15. The van der Waals surface area contributed by atoms with Gasteiger partial charge in [-0.05, 0) is 78.3 Å². The molecule has 0 fully saturated rings. The lowest BCUT2D eigenvalue weighted by Crippen LogP contribution is -2.38. The van der Waals surface area contributed by atoms with Gasteiger partial charge in [0.1, 0.15) is 5.58 Å². The van der Waals surface area contributed by atoms with E-state index in [9.17, 15) is 0 Å². The molecule has 7 rings (SSSR count). The molecule has 228 valence electrons. The van der Waals surface area contributed by atoms with Crippen molar-refractivity contribution in [2.24, 2.45) is 10.9 Å². The van der Waals surface area contributed by atoms with Gasteiger partial charge in [-0.2, -0.15) is 4.57 Å². The Balaban J connectivity index is 1.46. The lowest BCUT2D eigenvalue weighted by atomic mass is 9.78. The lowest BCUT2D eigenvalue weighted by Gasteiger charge is -2.32. The Hall–Kier alpha value is -4.31. The van der Waals surface area contributed by atoms with Gasteiger partial charge in [-0.3, -0.25) is 4.99 Å². The van der Waals surface area contributed by atoms with Crippen LogP contribution in [0.5, 0.6) is 0 Å². The van der Waals surface area contributed by atoms with E-state index in [1.54, 1.807) is 0 Å². The van der Waals surface area contributed by atoms with E-state index in [0.717, 1.165) is 52.7 Å². The summed E-state index contributed by atoms with van der Waals surface area (Å²) in [6, 6.07) is 22.4. The highest BCUT2D eigenvalue weighted by atomic mass is 16.3. The van der Waals surface area contributed by atoms with Crippen LogP contribution in [0, 0.1) is 5.92 Å². The van der Waals surface area contributed by atoms with Crippen LogP contribution >= 0.6 is 0 Å². The number of nitrogens with zero attached hydrogens (tertiary/aromatic N) is 3. The van der Waals surface area contributed by atoms with E-state index in [0.29, 0.717) is 17.5 Å². The van der Waals surface area contributed by atoms with Gasteiger partial charge >= 0.3 is 0 Å². The summed E-state index contributed by atoms with van der Waals surface area (Å²) < 4.78 is 8.82. The molecule has 0 amide bonds. The van der Waals surface area contributed by atoms with Crippen LogP contribution < -0.4 is 4.57 Å². The molecule has 2 aliphatic heterocycles. The molecule has 2 aliphatic rings. The fraction of sp³-hybridized carbons (Fsp3) is 0.341. The molecule has 45 heavy (non-hydrogen) atoms. The number of aromatic nitrogens is 2. The van der Waals surface area contributed by atoms with Gasteiger partial charge in [0.15, 0.2) is 11.9 Å². The van der Waals surface area contributed by atoms with Crippen molar-refractivity contribution in [2.45, 2.75) is 84.1 Å². The molecule has 0 saturated carbocycles. The Morgan fingerprint density at radius 2 is 1.78 bits per heavy atom. The molecule has 5 heterocycles. The van der Waals surface area contributed by atoms with E-state index in [4.69, 9.17) is 14.4 Å². The molecule has 4 nitrogen and oxygen atoms in total. The van der Waals surface area contributed by atoms with Crippen molar-refractivity contribution in [3.63, 3.8) is 0 Å². The number of hydrogen-bond donors (Lipinski definition) is 0. The first-order valence-corrected chi connectivity index (χ1v) is 16.4. The molecular weight excluding hydrogens is 550 g/mol. The lowest BCUT2D eigenvalue weighted by molar-refractivity contribution is -0.571. The number of benzene rings is 2. The topological polar surface area (TPSA) is 42.3 Å². The molecule has 0 spiro atoms. The molecule has 0 radical (unpaired) electrons. The maximum Gasteiger partial charge on any atom is 0.227 e. The predicted octanol–water partition coefficient (Wildman–Crippen LogP) is 9.94. The number of fused-ring (bicyclic) bond motifs is 9. The van der Waals surface area contributed by atoms with Gasteiger partial charge in [0.25, 0.3) is 0 Å². The second-order valence-electron chi connectivity index (χ2n) is 14.4. The third-order valence-corrected chi connectivity index (χ3v) is 10.2. The Morgan fingerprint density at radius 3 is 2.53 bits per heavy atom. The summed E-state index contributed by atoms with van der Waals surface area (Å²) in [5.74, 6) is 1.24. The molecule has 0 saturated heterocycles. The van der Waals surface area contributed by atoms with E-state index in [1.165, 1.54) is 33.5 Å². The Labute approximate surface area is 267 Å². The quantitative estimate of drug-likeness (QED) is 0.195. The minimum absolute atomic E-state index is 0.0566. The highest BCUT2D eigenvalue weighted by Gasteiger charge is 2.35. The number of furan rings is 1. The molecule has 0 N–H and O–H groups in total. The molecule has 3 aromatic heterocycles. The minimum Gasteiger partial charge on any atom is -0.438 e. The van der Waals surface area contributed by atoms with Crippen molar-refractivity contribution in [3.05, 3.63) is 114 Å². The summed E-state index contributed by atoms with van der Waals surface area (Å²) in [6.45, 7) is 22.3. The standard InChI is InChI=1S/C41H44N3O/c1-9-35-30-13-11-10-12-29(30)31-15-14-28-22-38-34(32-16-17-39(41(6,7)8)43-40(32)45-38)23-33(28)37-21-27(26(5)24(2)3)18-19-44(37)25(4)20-36(31)42-35/h9-13,16-19,21-24,26,31,36H,1,4,14-15,20H2,2-3,5-8H3/q+1. The van der Waals surface area contributed by atoms with Crippen LogP contribution in [0.25, 0.3) is 39.0 Å². The fourth-order valence-electron chi connectivity index (χ4n) is 7.22. The maximum absolute atomic E-state index is 6.51. The van der Waals surface area contributed by atoms with E-state index in [1.807, 2.05) is 6.08 Å². The van der Waals surface area contributed by atoms with Gasteiger partial charge in [0, 0.05) is 45.5 Å². The Morgan fingerprint density at radius 1 is 0.978 bits per heavy atom. The SMILES string of the molecule is C=CC1=NC2CC(=C)[n+]3ccc(C(C)C(C)C)cc3-c3cc4c(cc3CCC2c2ccccc21)oc1nc(C(C)(C)C)ccc14. The third-order valence-electron chi connectivity index (χ3n) is 10.2. The van der Waals surface area contributed by atoms with Crippen molar-refractivity contribution in [2.75, 3.05) is 0 Å². The molecular formula is C41H44N3O+. The molecule has 0 aliphatic carbocycles. The molecule has 4 heteroatoms. The monoisotopic (exact) mass is 594 g/mol. The third kappa shape index (κ3) is 5.05. The van der Waals surface area contributed by atoms with E-state index in [-0.39, 0.29) is 17.4 Å². The van der Waals surface area contributed by atoms with Crippen LogP contribution in [-0.4, -0.2) is 16.7 Å². The van der Waals surface area contributed by atoms with Crippen LogP contribution in [0.2, 0.25) is 0 Å². The molecule has 5 aromatic rings. The first-order valence-electron chi connectivity index (χ1n) is 16.4. The molecule has 3 atom stereocenters. The van der Waals surface area contributed by atoms with Gasteiger partial charge in [0.05, 0.1) is 23.7 Å². The zero-order chi connectivity index (χ0) is 31.6. The van der Waals surface area contributed by atoms with Crippen molar-refractivity contribution in [1.82, 2.24) is 4.98 Å². The second kappa shape index (κ2) is 10.9. The van der Waals surface area contributed by atoms with E-state index in [2.05, 4.69) is 126 Å². The summed E-state index contributed by atoms with van der Waals surface area (Å²) in [5.41, 5.74) is 12.2. The van der Waals surface area contributed by atoms with Crippen molar-refractivity contribution in [3.8, 4) is 11.3 Å². The average Bonchev–Trinajstić information content (AvgIpc) is 3.38. The van der Waals surface area contributed by atoms with Crippen LogP contribution in [-0.2, 0) is 11.8 Å². The van der Waals surface area contributed by atoms with Crippen molar-refractivity contribution >= 4 is 33.5 Å². The molecule has 2 aromatic carbocycles. The summed E-state index contributed by atoms with van der Waals surface area (Å²) in [6.07, 6.45) is 6.81. The largest absolute Gasteiger partial charge is 0.438 e. The highest BCUT2D eigenvalue weighted by Crippen LogP contribution is 2.41. The summed E-state index contributed by atoms with van der Waals surface area (Å²) in [7, 11) is 0. The first kappa shape index (κ1) is 29.4. The number of rotatable bonds is 3. The first-order chi connectivity index (χ1) is 21.5. The molecule has 0 bridgehead atoms. The van der Waals surface area contributed by atoms with E-state index < -0.39 is 0 Å². The van der Waals surface area contributed by atoms with Crippen LogP contribution in [0.1, 0.15) is 94.2 Å². The summed E-state index contributed by atoms with van der Waals surface area (Å²) in [4.78, 5) is 10.3. The zero-order valence-corrected chi connectivity index (χ0v) is 27.5. The zero-order valence-electron chi connectivity index (χ0n) is 27.5. The smallest absolute Gasteiger partial charge is 0.227 e. The fourth-order valence-corrected chi connectivity index (χ4v) is 7.22. The minimum atomic E-state index is -0.0566. The maximum atomic E-state index is 6.51. The van der Waals surface area contributed by atoms with Gasteiger partial charge in [-0.15, -0.1) is 0 Å². The number of aryl methyl sites for hydroxylation is 1. The van der Waals surface area contributed by atoms with Gasteiger partial charge in [0.2, 0.25) is 11.4 Å². The Bertz CT molecular complexity index is 2020. The van der Waals surface area contributed by atoms with Gasteiger partial charge in [-0.1, -0.05) is 72.4 Å².